The first-order valence-electron chi connectivity index (χ1n) is 9.23. The summed E-state index contributed by atoms with van der Waals surface area (Å²) in [6, 6.07) is 10.00. The first-order valence-corrected chi connectivity index (χ1v) is 9.23. The van der Waals surface area contributed by atoms with Gasteiger partial charge in [-0.1, -0.05) is 44.4 Å². The number of benzene rings is 1. The normalized spacial score (nSPS) is 16.0. The SMILES string of the molecule is CCCCCCN1CCN(c2cc(CF)nc3ccccc23)CC1. The molecule has 4 heteroatoms. The van der Waals surface area contributed by atoms with Crippen LogP contribution in [0.15, 0.2) is 30.3 Å². The monoisotopic (exact) mass is 329 g/mol. The molecule has 0 spiro atoms. The highest BCUT2D eigenvalue weighted by atomic mass is 19.1. The molecular formula is C20H28FN3. The lowest BCUT2D eigenvalue weighted by Crippen LogP contribution is -2.46. The molecule has 0 aliphatic carbocycles. The van der Waals surface area contributed by atoms with Crippen molar-refractivity contribution >= 4 is 16.6 Å². The van der Waals surface area contributed by atoms with Gasteiger partial charge < -0.3 is 4.90 Å². The number of para-hydroxylation sites is 1. The fourth-order valence-corrected chi connectivity index (χ4v) is 3.51. The van der Waals surface area contributed by atoms with Crippen LogP contribution in [0.25, 0.3) is 10.9 Å². The van der Waals surface area contributed by atoms with E-state index < -0.39 is 6.67 Å². The predicted molar refractivity (Wildman–Crippen MR) is 99.4 cm³/mol. The van der Waals surface area contributed by atoms with Crippen LogP contribution in [0, 0.1) is 0 Å². The van der Waals surface area contributed by atoms with Crippen LogP contribution in [-0.2, 0) is 6.67 Å². The topological polar surface area (TPSA) is 19.4 Å². The Kier molecular flexibility index (Phi) is 6.02. The van der Waals surface area contributed by atoms with Gasteiger partial charge in [-0.05, 0) is 25.1 Å². The van der Waals surface area contributed by atoms with E-state index in [0.717, 1.165) is 42.8 Å². The number of unbranched alkanes of at least 4 members (excludes halogenated alkanes) is 3. The van der Waals surface area contributed by atoms with E-state index in [1.54, 1.807) is 0 Å². The summed E-state index contributed by atoms with van der Waals surface area (Å²) in [6.45, 7) is 7.15. The van der Waals surface area contributed by atoms with Crippen molar-refractivity contribution in [3.05, 3.63) is 36.0 Å². The highest BCUT2D eigenvalue weighted by Gasteiger charge is 2.19. The van der Waals surface area contributed by atoms with Crippen LogP contribution in [0.4, 0.5) is 10.1 Å². The number of piperazine rings is 1. The number of fused-ring (bicyclic) bond motifs is 1. The van der Waals surface area contributed by atoms with Gasteiger partial charge in [-0.15, -0.1) is 0 Å². The van der Waals surface area contributed by atoms with Crippen molar-refractivity contribution in [1.82, 2.24) is 9.88 Å². The van der Waals surface area contributed by atoms with Crippen LogP contribution in [0.5, 0.6) is 0 Å². The zero-order chi connectivity index (χ0) is 16.8. The first kappa shape index (κ1) is 17.2. The molecule has 0 bridgehead atoms. The summed E-state index contributed by atoms with van der Waals surface area (Å²) < 4.78 is 13.2. The van der Waals surface area contributed by atoms with Crippen molar-refractivity contribution in [2.45, 2.75) is 39.3 Å². The summed E-state index contributed by atoms with van der Waals surface area (Å²) in [6.07, 6.45) is 5.28. The van der Waals surface area contributed by atoms with Gasteiger partial charge in [-0.25, -0.2) is 9.37 Å². The summed E-state index contributed by atoms with van der Waals surface area (Å²) in [7, 11) is 0. The Bertz CT molecular complexity index is 650. The van der Waals surface area contributed by atoms with E-state index in [2.05, 4.69) is 27.8 Å². The minimum Gasteiger partial charge on any atom is -0.368 e. The van der Waals surface area contributed by atoms with Crippen LogP contribution < -0.4 is 4.90 Å². The third-order valence-corrected chi connectivity index (χ3v) is 4.93. The van der Waals surface area contributed by atoms with Crippen LogP contribution in [-0.4, -0.2) is 42.6 Å². The summed E-state index contributed by atoms with van der Waals surface area (Å²) in [4.78, 5) is 9.37. The molecule has 3 nitrogen and oxygen atoms in total. The van der Waals surface area contributed by atoms with Crippen molar-refractivity contribution in [2.75, 3.05) is 37.6 Å². The van der Waals surface area contributed by atoms with Crippen LogP contribution in [0.2, 0.25) is 0 Å². The molecule has 24 heavy (non-hydrogen) atoms. The molecule has 130 valence electrons. The summed E-state index contributed by atoms with van der Waals surface area (Å²) in [5, 5.41) is 1.13. The molecular weight excluding hydrogens is 301 g/mol. The quantitative estimate of drug-likeness (QED) is 0.702. The molecule has 1 aromatic heterocycles. The van der Waals surface area contributed by atoms with Gasteiger partial charge in [0.2, 0.25) is 0 Å². The molecule has 1 aliphatic heterocycles. The fraction of sp³-hybridized carbons (Fsp3) is 0.550. The largest absolute Gasteiger partial charge is 0.368 e. The standard InChI is InChI=1S/C20H28FN3/c1-2-3-4-7-10-23-11-13-24(14-12-23)20-15-17(16-21)22-19-9-6-5-8-18(19)20/h5-6,8-9,15H,2-4,7,10-14,16H2,1H3. The maximum Gasteiger partial charge on any atom is 0.132 e. The molecule has 1 aliphatic rings. The summed E-state index contributed by atoms with van der Waals surface area (Å²) in [5.41, 5.74) is 2.56. The lowest BCUT2D eigenvalue weighted by molar-refractivity contribution is 0.252. The fourth-order valence-electron chi connectivity index (χ4n) is 3.51. The van der Waals surface area contributed by atoms with Crippen molar-refractivity contribution in [1.29, 1.82) is 0 Å². The maximum absolute atomic E-state index is 13.2. The van der Waals surface area contributed by atoms with E-state index in [-0.39, 0.29) is 0 Å². The number of hydrogen-bond acceptors (Lipinski definition) is 3. The first-order chi connectivity index (χ1) is 11.8. The average molecular weight is 329 g/mol. The molecule has 1 saturated heterocycles. The van der Waals surface area contributed by atoms with Crippen molar-refractivity contribution < 1.29 is 4.39 Å². The van der Waals surface area contributed by atoms with Crippen molar-refractivity contribution in [3.8, 4) is 0 Å². The van der Waals surface area contributed by atoms with E-state index >= 15 is 0 Å². The zero-order valence-corrected chi connectivity index (χ0v) is 14.7. The minimum absolute atomic E-state index is 0.505. The Morgan fingerprint density at radius 3 is 2.58 bits per heavy atom. The molecule has 0 saturated carbocycles. The minimum atomic E-state index is -0.505. The lowest BCUT2D eigenvalue weighted by Gasteiger charge is -2.36. The Balaban J connectivity index is 1.67. The van der Waals surface area contributed by atoms with Crippen molar-refractivity contribution in [3.63, 3.8) is 0 Å². The van der Waals surface area contributed by atoms with E-state index in [1.807, 2.05) is 24.3 Å². The highest BCUT2D eigenvalue weighted by molar-refractivity contribution is 5.92. The van der Waals surface area contributed by atoms with Crippen molar-refractivity contribution in [2.24, 2.45) is 0 Å². The predicted octanol–water partition coefficient (Wildman–Crippen LogP) is 4.41. The molecule has 0 radical (unpaired) electrons. The van der Waals surface area contributed by atoms with Gasteiger partial charge in [-0.3, -0.25) is 4.90 Å². The van der Waals surface area contributed by atoms with Gasteiger partial charge in [0, 0.05) is 37.3 Å². The Labute approximate surface area is 144 Å². The number of nitrogens with zero attached hydrogens (tertiary/aromatic N) is 3. The average Bonchev–Trinajstić information content (AvgIpc) is 2.65. The Morgan fingerprint density at radius 2 is 1.83 bits per heavy atom. The van der Waals surface area contributed by atoms with Crippen LogP contribution in [0.1, 0.15) is 38.3 Å². The second-order valence-electron chi connectivity index (χ2n) is 6.67. The van der Waals surface area contributed by atoms with Gasteiger partial charge in [0.25, 0.3) is 0 Å². The second-order valence-corrected chi connectivity index (χ2v) is 6.67. The number of pyridine rings is 1. The molecule has 0 N–H and O–H groups in total. The van der Waals surface area contributed by atoms with Gasteiger partial charge in [0.05, 0.1) is 11.2 Å². The van der Waals surface area contributed by atoms with Gasteiger partial charge in [-0.2, -0.15) is 0 Å². The molecule has 0 amide bonds. The molecule has 2 aromatic rings. The third-order valence-electron chi connectivity index (χ3n) is 4.93. The number of aromatic nitrogens is 1. The molecule has 0 unspecified atom stereocenters. The smallest absolute Gasteiger partial charge is 0.132 e. The number of hydrogen-bond donors (Lipinski definition) is 0. The molecule has 1 aromatic carbocycles. The summed E-state index contributed by atoms with van der Waals surface area (Å²) in [5.74, 6) is 0. The maximum atomic E-state index is 13.2. The van der Waals surface area contributed by atoms with Crippen LogP contribution >= 0.6 is 0 Å². The van der Waals surface area contributed by atoms with E-state index in [4.69, 9.17) is 0 Å². The molecule has 3 rings (SSSR count). The Morgan fingerprint density at radius 1 is 1.04 bits per heavy atom. The van der Waals surface area contributed by atoms with Gasteiger partial charge in [0.15, 0.2) is 0 Å². The van der Waals surface area contributed by atoms with E-state index in [0.29, 0.717) is 5.69 Å². The highest BCUT2D eigenvalue weighted by Crippen LogP contribution is 2.28. The van der Waals surface area contributed by atoms with Crippen LogP contribution in [0.3, 0.4) is 0 Å². The third kappa shape index (κ3) is 4.04. The molecule has 0 atom stereocenters. The summed E-state index contributed by atoms with van der Waals surface area (Å²) >= 11 is 0. The van der Waals surface area contributed by atoms with E-state index in [1.165, 1.54) is 32.2 Å². The Hall–Kier alpha value is -1.68. The lowest BCUT2D eigenvalue weighted by atomic mass is 10.1. The van der Waals surface area contributed by atoms with E-state index in [9.17, 15) is 4.39 Å². The van der Waals surface area contributed by atoms with Gasteiger partial charge in [0.1, 0.15) is 6.67 Å². The molecule has 1 fully saturated rings. The number of rotatable bonds is 7. The zero-order valence-electron chi connectivity index (χ0n) is 14.7. The van der Waals surface area contributed by atoms with Gasteiger partial charge >= 0.3 is 0 Å². The number of alkyl halides is 1. The number of halogens is 1. The molecule has 2 heterocycles. The number of anilines is 1. The second kappa shape index (κ2) is 8.43.